The van der Waals surface area contributed by atoms with E-state index in [0.717, 1.165) is 11.1 Å². The van der Waals surface area contributed by atoms with Gasteiger partial charge in [0.1, 0.15) is 0 Å². The molecule has 1 atom stereocenters. The standard InChI is InChI=1S/C29H25Cl2NO5S.Na/c30-23-3-1-2-22(16-23)28(33)18-32-15-14-19-4-10-24(11-5-19)38(36,37)25-12-13-26(27(31)17-25)20-6-8-21(9-7-20)29(34)35;/h1-13,16-17,28,32-33H,14-15,18H2,(H,34,35);/q;+1/p-1/t28-;/m0./s1. The van der Waals surface area contributed by atoms with Crippen molar-refractivity contribution in [3.05, 3.63) is 118 Å². The van der Waals surface area contributed by atoms with Gasteiger partial charge in [-0.05, 0) is 71.6 Å². The predicted molar refractivity (Wildman–Crippen MR) is 146 cm³/mol. The maximum atomic E-state index is 13.2. The van der Waals surface area contributed by atoms with Crippen LogP contribution >= 0.6 is 23.2 Å². The molecule has 0 spiro atoms. The summed E-state index contributed by atoms with van der Waals surface area (Å²) in [6, 6.07) is 24.2. The van der Waals surface area contributed by atoms with Crippen molar-refractivity contribution in [1.82, 2.24) is 5.32 Å². The van der Waals surface area contributed by atoms with E-state index in [4.69, 9.17) is 23.2 Å². The second kappa shape index (κ2) is 13.9. The van der Waals surface area contributed by atoms with Gasteiger partial charge in [-0.3, -0.25) is 0 Å². The van der Waals surface area contributed by atoms with Crippen LogP contribution in [0.4, 0.5) is 0 Å². The Labute approximate surface area is 259 Å². The van der Waals surface area contributed by atoms with Gasteiger partial charge in [-0.15, -0.1) is 0 Å². The van der Waals surface area contributed by atoms with Crippen molar-refractivity contribution in [2.75, 3.05) is 13.1 Å². The SMILES string of the molecule is O=C([O-])c1ccc(-c2ccc(S(=O)(=O)c3ccc(CCNC[C@H](O)c4cccc(Cl)c4)cc3)cc2Cl)cc1.[Na+]. The van der Waals surface area contributed by atoms with Gasteiger partial charge in [0.2, 0.25) is 9.84 Å². The summed E-state index contributed by atoms with van der Waals surface area (Å²) in [4.78, 5) is 11.2. The third-order valence-electron chi connectivity index (χ3n) is 6.08. The topological polar surface area (TPSA) is 107 Å². The Morgan fingerprint density at radius 2 is 1.56 bits per heavy atom. The summed E-state index contributed by atoms with van der Waals surface area (Å²) in [6.07, 6.45) is -0.0272. The average Bonchev–Trinajstić information content (AvgIpc) is 2.91. The molecule has 0 aliphatic rings. The van der Waals surface area contributed by atoms with E-state index in [-0.39, 0.29) is 49.9 Å². The molecule has 0 unspecified atom stereocenters. The molecular formula is C29H24Cl2NNaO5S. The Morgan fingerprint density at radius 1 is 0.897 bits per heavy atom. The average molecular weight is 592 g/mol. The van der Waals surface area contributed by atoms with Crippen LogP contribution in [-0.2, 0) is 16.3 Å². The van der Waals surface area contributed by atoms with Gasteiger partial charge in [0.05, 0.1) is 21.9 Å². The molecule has 0 saturated heterocycles. The molecule has 6 nitrogen and oxygen atoms in total. The fourth-order valence-corrected chi connectivity index (χ4v) is 5.80. The van der Waals surface area contributed by atoms with E-state index in [0.29, 0.717) is 35.7 Å². The van der Waals surface area contributed by atoms with Gasteiger partial charge in [0.25, 0.3) is 0 Å². The summed E-state index contributed by atoms with van der Waals surface area (Å²) in [6.45, 7) is 0.967. The first-order valence-electron chi connectivity index (χ1n) is 11.7. The van der Waals surface area contributed by atoms with Crippen molar-refractivity contribution in [1.29, 1.82) is 0 Å². The molecule has 0 saturated carbocycles. The number of aliphatic hydroxyl groups is 1. The molecule has 196 valence electrons. The molecule has 0 aliphatic carbocycles. The van der Waals surface area contributed by atoms with Crippen molar-refractivity contribution >= 4 is 39.0 Å². The number of sulfone groups is 1. The number of rotatable bonds is 10. The normalized spacial score (nSPS) is 12.0. The Morgan fingerprint density at radius 3 is 2.18 bits per heavy atom. The summed E-state index contributed by atoms with van der Waals surface area (Å²) in [7, 11) is -3.80. The van der Waals surface area contributed by atoms with E-state index < -0.39 is 21.9 Å². The molecular weight excluding hydrogens is 568 g/mol. The van der Waals surface area contributed by atoms with Gasteiger partial charge < -0.3 is 20.3 Å². The molecule has 0 bridgehead atoms. The number of hydrogen-bond donors (Lipinski definition) is 2. The first kappa shape index (κ1) is 31.3. The minimum Gasteiger partial charge on any atom is -0.545 e. The summed E-state index contributed by atoms with van der Waals surface area (Å²) in [5.74, 6) is -1.28. The van der Waals surface area contributed by atoms with Crippen LogP contribution in [0.5, 0.6) is 0 Å². The number of carbonyl (C=O) groups excluding carboxylic acids is 1. The van der Waals surface area contributed by atoms with Gasteiger partial charge in [-0.25, -0.2) is 8.42 Å². The number of halogens is 2. The van der Waals surface area contributed by atoms with Crippen molar-refractivity contribution in [3.8, 4) is 11.1 Å². The Bertz CT molecular complexity index is 1550. The van der Waals surface area contributed by atoms with E-state index in [1.54, 1.807) is 60.7 Å². The fourth-order valence-electron chi connectivity index (χ4n) is 3.96. The van der Waals surface area contributed by atoms with Crippen LogP contribution in [0.3, 0.4) is 0 Å². The largest absolute Gasteiger partial charge is 1.00 e. The smallest absolute Gasteiger partial charge is 0.545 e. The molecule has 10 heteroatoms. The first-order valence-corrected chi connectivity index (χ1v) is 14.0. The molecule has 2 N–H and O–H groups in total. The van der Waals surface area contributed by atoms with Crippen LogP contribution in [0.25, 0.3) is 11.1 Å². The van der Waals surface area contributed by atoms with Gasteiger partial charge in [0.15, 0.2) is 0 Å². The molecule has 0 radical (unpaired) electrons. The summed E-state index contributed by atoms with van der Waals surface area (Å²) in [5.41, 5.74) is 2.96. The van der Waals surface area contributed by atoms with E-state index in [2.05, 4.69) is 5.32 Å². The zero-order valence-corrected chi connectivity index (χ0v) is 25.4. The van der Waals surface area contributed by atoms with Gasteiger partial charge >= 0.3 is 29.6 Å². The molecule has 0 aromatic heterocycles. The minimum absolute atomic E-state index is 0. The second-order valence-corrected chi connectivity index (χ2v) is 11.5. The first-order chi connectivity index (χ1) is 18.1. The van der Waals surface area contributed by atoms with Gasteiger partial charge in [-0.1, -0.05) is 77.8 Å². The number of hydrogen-bond acceptors (Lipinski definition) is 6. The third kappa shape index (κ3) is 7.93. The van der Waals surface area contributed by atoms with Crippen LogP contribution in [0.15, 0.2) is 101 Å². The molecule has 0 amide bonds. The molecule has 39 heavy (non-hydrogen) atoms. The predicted octanol–water partition coefficient (Wildman–Crippen LogP) is 1.73. The molecule has 0 heterocycles. The molecule has 0 fully saturated rings. The second-order valence-electron chi connectivity index (χ2n) is 8.68. The minimum atomic E-state index is -3.80. The number of nitrogens with one attached hydrogen (secondary N) is 1. The zero-order chi connectivity index (χ0) is 27.3. The van der Waals surface area contributed by atoms with Crippen LogP contribution in [0.2, 0.25) is 10.0 Å². The maximum Gasteiger partial charge on any atom is 1.00 e. The number of carbonyl (C=O) groups is 1. The number of aromatic carboxylic acids is 1. The van der Waals surface area contributed by atoms with Crippen molar-refractivity contribution in [2.45, 2.75) is 22.3 Å². The number of carboxylic acids is 1. The van der Waals surface area contributed by atoms with E-state index >= 15 is 0 Å². The van der Waals surface area contributed by atoms with E-state index in [1.807, 2.05) is 6.07 Å². The quantitative estimate of drug-likeness (QED) is 0.215. The Kier molecular flexibility index (Phi) is 11.2. The monoisotopic (exact) mass is 591 g/mol. The molecule has 4 rings (SSSR count). The van der Waals surface area contributed by atoms with Crippen LogP contribution < -0.4 is 40.0 Å². The molecule has 4 aromatic rings. The Hall–Kier alpha value is -2.20. The zero-order valence-electron chi connectivity index (χ0n) is 21.1. The number of carboxylic acid groups (broad SMARTS) is 1. The van der Waals surface area contributed by atoms with Crippen molar-refractivity contribution in [2.24, 2.45) is 0 Å². The molecule has 0 aliphatic heterocycles. The number of aliphatic hydroxyl groups excluding tert-OH is 1. The summed E-state index contributed by atoms with van der Waals surface area (Å²) < 4.78 is 26.4. The van der Waals surface area contributed by atoms with Gasteiger partial charge in [-0.2, -0.15) is 0 Å². The maximum absolute atomic E-state index is 13.2. The molecule has 4 aromatic carbocycles. The fraction of sp³-hybridized carbons (Fsp3) is 0.138. The van der Waals surface area contributed by atoms with E-state index in [1.165, 1.54) is 24.3 Å². The summed E-state index contributed by atoms with van der Waals surface area (Å²) in [5, 5.41) is 25.2. The van der Waals surface area contributed by atoms with E-state index in [9.17, 15) is 23.4 Å². The van der Waals surface area contributed by atoms with Crippen molar-refractivity contribution < 1.29 is 53.0 Å². The van der Waals surface area contributed by atoms with Crippen molar-refractivity contribution in [3.63, 3.8) is 0 Å². The number of benzene rings is 4. The van der Waals surface area contributed by atoms with Crippen LogP contribution in [0, 0.1) is 0 Å². The third-order valence-corrected chi connectivity index (χ3v) is 8.39. The van der Waals surface area contributed by atoms with Crippen LogP contribution in [0.1, 0.15) is 27.6 Å². The summed E-state index contributed by atoms with van der Waals surface area (Å²) >= 11 is 12.4. The van der Waals surface area contributed by atoms with Gasteiger partial charge in [0, 0.05) is 22.2 Å². The van der Waals surface area contributed by atoms with Crippen LogP contribution in [-0.4, -0.2) is 32.6 Å². The Balaban J connectivity index is 0.00000420.